The summed E-state index contributed by atoms with van der Waals surface area (Å²) in [7, 11) is 1.57. The second kappa shape index (κ2) is 6.02. The highest BCUT2D eigenvalue weighted by Crippen LogP contribution is 2.38. The van der Waals surface area contributed by atoms with E-state index in [1.807, 2.05) is 13.0 Å². The van der Waals surface area contributed by atoms with E-state index >= 15 is 0 Å². The highest BCUT2D eigenvalue weighted by molar-refractivity contribution is 5.76. The molecule has 2 N–H and O–H groups in total. The molecule has 19 heavy (non-hydrogen) atoms. The molecule has 0 saturated heterocycles. The summed E-state index contributed by atoms with van der Waals surface area (Å²) in [6.07, 6.45) is 3.39. The predicted molar refractivity (Wildman–Crippen MR) is 70.7 cm³/mol. The van der Waals surface area contributed by atoms with Gasteiger partial charge in [-0.1, -0.05) is 13.0 Å². The van der Waals surface area contributed by atoms with Gasteiger partial charge in [0.15, 0.2) is 0 Å². The van der Waals surface area contributed by atoms with Gasteiger partial charge in [0.25, 0.3) is 0 Å². The van der Waals surface area contributed by atoms with E-state index in [2.05, 4.69) is 10.3 Å². The van der Waals surface area contributed by atoms with Crippen molar-refractivity contribution in [2.24, 2.45) is 5.92 Å². The number of ether oxygens (including phenoxy) is 1. The lowest BCUT2D eigenvalue weighted by atomic mass is 9.75. The second-order valence-electron chi connectivity index (χ2n) is 4.92. The zero-order chi connectivity index (χ0) is 13.8. The normalized spacial score (nSPS) is 23.3. The molecule has 0 unspecified atom stereocenters. The Morgan fingerprint density at radius 1 is 1.58 bits per heavy atom. The number of aliphatic hydroxyl groups excluding tert-OH is 1. The summed E-state index contributed by atoms with van der Waals surface area (Å²) < 4.78 is 5.03. The van der Waals surface area contributed by atoms with Crippen molar-refractivity contribution in [3.05, 3.63) is 23.9 Å². The van der Waals surface area contributed by atoms with Crippen molar-refractivity contribution < 1.29 is 14.6 Å². The van der Waals surface area contributed by atoms with Gasteiger partial charge in [-0.3, -0.25) is 4.79 Å². The van der Waals surface area contributed by atoms with E-state index in [0.29, 0.717) is 12.3 Å². The minimum Gasteiger partial charge on any atom is -0.481 e. The fourth-order valence-corrected chi connectivity index (χ4v) is 2.35. The number of pyridine rings is 1. The zero-order valence-electron chi connectivity index (χ0n) is 11.3. The molecule has 1 aliphatic carbocycles. The lowest BCUT2D eigenvalue weighted by Crippen LogP contribution is -2.41. The molecule has 2 rings (SSSR count). The van der Waals surface area contributed by atoms with Crippen molar-refractivity contribution in [2.75, 3.05) is 7.11 Å². The molecule has 0 aromatic carbocycles. The molecule has 104 valence electrons. The molecular weight excluding hydrogens is 244 g/mol. The maximum Gasteiger partial charge on any atom is 0.220 e. The first-order chi connectivity index (χ1) is 9.13. The van der Waals surface area contributed by atoms with Crippen LogP contribution in [0, 0.1) is 5.92 Å². The zero-order valence-corrected chi connectivity index (χ0v) is 11.3. The van der Waals surface area contributed by atoms with Gasteiger partial charge in [-0.05, 0) is 24.3 Å². The number of hydrogen-bond acceptors (Lipinski definition) is 4. The molecule has 0 bridgehead atoms. The Morgan fingerprint density at radius 3 is 2.79 bits per heavy atom. The maximum absolute atomic E-state index is 11.6. The quantitative estimate of drug-likeness (QED) is 0.844. The lowest BCUT2D eigenvalue weighted by Gasteiger charge is -2.38. The lowest BCUT2D eigenvalue weighted by molar-refractivity contribution is -0.122. The van der Waals surface area contributed by atoms with Gasteiger partial charge in [0.1, 0.15) is 0 Å². The SMILES string of the molecule is CCC(=O)N[C@H](c1ccc(OC)nc1)C1CC(O)C1. The van der Waals surface area contributed by atoms with Gasteiger partial charge in [0.2, 0.25) is 11.8 Å². The number of carbonyl (C=O) groups is 1. The molecule has 1 aromatic rings. The highest BCUT2D eigenvalue weighted by Gasteiger charge is 2.35. The van der Waals surface area contributed by atoms with Crippen molar-refractivity contribution in [3.8, 4) is 5.88 Å². The number of amides is 1. The Hall–Kier alpha value is -1.62. The highest BCUT2D eigenvalue weighted by atomic mass is 16.5. The van der Waals surface area contributed by atoms with Crippen LogP contribution in [-0.2, 0) is 4.79 Å². The van der Waals surface area contributed by atoms with Crippen LogP contribution in [-0.4, -0.2) is 29.2 Å². The van der Waals surface area contributed by atoms with Crippen LogP contribution in [0.2, 0.25) is 0 Å². The van der Waals surface area contributed by atoms with Gasteiger partial charge < -0.3 is 15.2 Å². The minimum absolute atomic E-state index is 0.0159. The maximum atomic E-state index is 11.6. The summed E-state index contributed by atoms with van der Waals surface area (Å²) in [5, 5.41) is 12.5. The molecule has 1 fully saturated rings. The Bertz CT molecular complexity index is 427. The van der Waals surface area contributed by atoms with Gasteiger partial charge in [-0.2, -0.15) is 0 Å². The van der Waals surface area contributed by atoms with Crippen LogP contribution in [0.4, 0.5) is 0 Å². The number of aliphatic hydroxyl groups is 1. The summed E-state index contributed by atoms with van der Waals surface area (Å²) in [4.78, 5) is 15.8. The summed E-state index contributed by atoms with van der Waals surface area (Å²) >= 11 is 0. The Labute approximate surface area is 113 Å². The number of methoxy groups -OCH3 is 1. The Balaban J connectivity index is 2.13. The van der Waals surface area contributed by atoms with Gasteiger partial charge in [-0.15, -0.1) is 0 Å². The molecule has 1 aliphatic rings. The van der Waals surface area contributed by atoms with Crippen LogP contribution in [0.15, 0.2) is 18.3 Å². The number of nitrogens with one attached hydrogen (secondary N) is 1. The fourth-order valence-electron chi connectivity index (χ4n) is 2.35. The molecular formula is C14H20N2O3. The van der Waals surface area contributed by atoms with Crippen LogP contribution < -0.4 is 10.1 Å². The van der Waals surface area contributed by atoms with Gasteiger partial charge >= 0.3 is 0 Å². The van der Waals surface area contributed by atoms with Crippen LogP contribution in [0.3, 0.4) is 0 Å². The Kier molecular flexibility index (Phi) is 4.37. The van der Waals surface area contributed by atoms with E-state index in [0.717, 1.165) is 18.4 Å². The van der Waals surface area contributed by atoms with E-state index in [9.17, 15) is 9.90 Å². The minimum atomic E-state index is -0.239. The van der Waals surface area contributed by atoms with Gasteiger partial charge in [0.05, 0.1) is 19.3 Å². The van der Waals surface area contributed by atoms with E-state index in [4.69, 9.17) is 4.74 Å². The molecule has 0 aliphatic heterocycles. The molecule has 1 aromatic heterocycles. The molecule has 1 heterocycles. The topological polar surface area (TPSA) is 71.5 Å². The van der Waals surface area contributed by atoms with E-state index in [1.54, 1.807) is 19.4 Å². The van der Waals surface area contributed by atoms with Crippen molar-refractivity contribution in [3.63, 3.8) is 0 Å². The van der Waals surface area contributed by atoms with Crippen molar-refractivity contribution in [1.82, 2.24) is 10.3 Å². The third-order valence-corrected chi connectivity index (χ3v) is 3.59. The first-order valence-electron chi connectivity index (χ1n) is 6.61. The average Bonchev–Trinajstić information content (AvgIpc) is 2.41. The van der Waals surface area contributed by atoms with Crippen LogP contribution in [0.5, 0.6) is 5.88 Å². The van der Waals surface area contributed by atoms with E-state index < -0.39 is 0 Å². The molecule has 5 nitrogen and oxygen atoms in total. The third-order valence-electron chi connectivity index (χ3n) is 3.59. The largest absolute Gasteiger partial charge is 0.481 e. The molecule has 0 spiro atoms. The number of carbonyl (C=O) groups excluding carboxylic acids is 1. The predicted octanol–water partition coefficient (Wildman–Crippen LogP) is 1.43. The fraction of sp³-hybridized carbons (Fsp3) is 0.571. The molecule has 1 amide bonds. The second-order valence-corrected chi connectivity index (χ2v) is 4.92. The Morgan fingerprint density at radius 2 is 2.32 bits per heavy atom. The number of hydrogen-bond donors (Lipinski definition) is 2. The standard InChI is InChI=1S/C14H20N2O3/c1-3-12(18)16-14(10-6-11(17)7-10)9-4-5-13(19-2)15-8-9/h4-5,8,10-11,14,17H,3,6-7H2,1-2H3,(H,16,18)/t10?,11?,14-/m1/s1. The van der Waals surface area contributed by atoms with E-state index in [1.165, 1.54) is 0 Å². The van der Waals surface area contributed by atoms with Crippen LogP contribution in [0.1, 0.15) is 37.8 Å². The molecule has 1 atom stereocenters. The van der Waals surface area contributed by atoms with Crippen LogP contribution in [0.25, 0.3) is 0 Å². The first-order valence-corrected chi connectivity index (χ1v) is 6.61. The third kappa shape index (κ3) is 3.23. The van der Waals surface area contributed by atoms with Crippen LogP contribution >= 0.6 is 0 Å². The summed E-state index contributed by atoms with van der Waals surface area (Å²) in [6.45, 7) is 1.83. The van der Waals surface area contributed by atoms with E-state index in [-0.39, 0.29) is 24.0 Å². The van der Waals surface area contributed by atoms with Crippen molar-refractivity contribution in [1.29, 1.82) is 0 Å². The summed E-state index contributed by atoms with van der Waals surface area (Å²) in [6, 6.07) is 3.63. The number of rotatable bonds is 5. The molecule has 1 saturated carbocycles. The number of aromatic nitrogens is 1. The smallest absolute Gasteiger partial charge is 0.220 e. The summed E-state index contributed by atoms with van der Waals surface area (Å²) in [5.74, 6) is 0.848. The molecule has 0 radical (unpaired) electrons. The van der Waals surface area contributed by atoms with Gasteiger partial charge in [0, 0.05) is 18.7 Å². The summed E-state index contributed by atoms with van der Waals surface area (Å²) in [5.41, 5.74) is 0.958. The number of nitrogens with zero attached hydrogens (tertiary/aromatic N) is 1. The average molecular weight is 264 g/mol. The van der Waals surface area contributed by atoms with Crippen molar-refractivity contribution >= 4 is 5.91 Å². The monoisotopic (exact) mass is 264 g/mol. The van der Waals surface area contributed by atoms with Crippen molar-refractivity contribution in [2.45, 2.75) is 38.3 Å². The molecule has 5 heteroatoms. The first kappa shape index (κ1) is 13.8. The van der Waals surface area contributed by atoms with Gasteiger partial charge in [-0.25, -0.2) is 4.98 Å².